The zero-order valence-corrected chi connectivity index (χ0v) is 24.3. The van der Waals surface area contributed by atoms with E-state index in [-0.39, 0.29) is 41.5 Å². The predicted molar refractivity (Wildman–Crippen MR) is 145 cm³/mol. The van der Waals surface area contributed by atoms with Crippen LogP contribution in [-0.2, 0) is 28.6 Å². The molecule has 1 saturated heterocycles. The van der Waals surface area contributed by atoms with Gasteiger partial charge in [-0.25, -0.2) is 0 Å². The molecule has 0 aromatic carbocycles. The zero-order valence-electron chi connectivity index (χ0n) is 23.3. The molecule has 4 aliphatic carbocycles. The van der Waals surface area contributed by atoms with Gasteiger partial charge in [-0.15, -0.1) is 6.58 Å². The van der Waals surface area contributed by atoms with Crippen molar-refractivity contribution in [3.63, 3.8) is 0 Å². The average molecular weight is 536 g/mol. The number of likely N-dealkylation sites (N-methyl/N-ethyl adjacent to an activating group) is 1. The molecule has 0 N–H and O–H groups in total. The first kappa shape index (κ1) is 26.7. The van der Waals surface area contributed by atoms with Gasteiger partial charge in [-0.3, -0.25) is 19.3 Å². The fourth-order valence-corrected chi connectivity index (χ4v) is 11.5. The highest BCUT2D eigenvalue weighted by Gasteiger charge is 2.79. The van der Waals surface area contributed by atoms with Crippen LogP contribution in [0, 0.1) is 40.4 Å². The van der Waals surface area contributed by atoms with Gasteiger partial charge in [-0.05, 0) is 37.3 Å². The molecule has 5 rings (SSSR count). The summed E-state index contributed by atoms with van der Waals surface area (Å²) in [6.07, 6.45) is 8.13. The van der Waals surface area contributed by atoms with Gasteiger partial charge in [0, 0.05) is 32.0 Å². The Morgan fingerprint density at radius 3 is 2.37 bits per heavy atom. The first-order valence-corrected chi connectivity index (χ1v) is 16.8. The second kappa shape index (κ2) is 8.55. The van der Waals surface area contributed by atoms with Gasteiger partial charge in [0.1, 0.15) is 0 Å². The lowest BCUT2D eigenvalue weighted by Gasteiger charge is -2.53. The molecule has 7 atom stereocenters. The number of rotatable bonds is 6. The van der Waals surface area contributed by atoms with Crippen molar-refractivity contribution in [2.45, 2.75) is 43.6 Å². The molecule has 0 amide bonds. The molecule has 1 spiro atoms. The van der Waals surface area contributed by atoms with Crippen LogP contribution in [0.2, 0.25) is 25.2 Å². The van der Waals surface area contributed by atoms with Gasteiger partial charge < -0.3 is 14.2 Å². The smallest absolute Gasteiger partial charge is 0.223 e. The lowest BCUT2D eigenvalue weighted by molar-refractivity contribution is -0.134. The molecule has 1 aliphatic heterocycles. The third-order valence-corrected chi connectivity index (χ3v) is 12.6. The summed E-state index contributed by atoms with van der Waals surface area (Å²) in [5.74, 6) is 6.20. The van der Waals surface area contributed by atoms with E-state index in [0.29, 0.717) is 17.8 Å². The van der Waals surface area contributed by atoms with E-state index in [1.807, 2.05) is 7.05 Å². The van der Waals surface area contributed by atoms with Gasteiger partial charge >= 0.3 is 0 Å². The van der Waals surface area contributed by atoms with Crippen molar-refractivity contribution in [3.8, 4) is 11.8 Å². The molecule has 8 heteroatoms. The first-order chi connectivity index (χ1) is 17.9. The van der Waals surface area contributed by atoms with Crippen molar-refractivity contribution < 1.29 is 28.6 Å². The fourth-order valence-electron chi connectivity index (χ4n) is 8.52. The minimum atomic E-state index is -1.73. The van der Waals surface area contributed by atoms with Crippen molar-refractivity contribution in [3.05, 3.63) is 48.2 Å². The van der Waals surface area contributed by atoms with Crippen molar-refractivity contribution in [1.29, 1.82) is 0 Å². The summed E-state index contributed by atoms with van der Waals surface area (Å²) in [4.78, 5) is 43.1. The molecule has 0 radical (unpaired) electrons. The number of fused-ring (bicyclic) bond motifs is 3. The molecule has 202 valence electrons. The molecular formula is C30H37NO6Si. The number of nitrogens with zero attached hydrogens (tertiary/aromatic N) is 1. The van der Waals surface area contributed by atoms with Crippen LogP contribution in [0.5, 0.6) is 0 Å². The molecular weight excluding hydrogens is 498 g/mol. The number of methoxy groups -OCH3 is 3. The summed E-state index contributed by atoms with van der Waals surface area (Å²) in [5, 5.41) is 0. The molecule has 7 nitrogen and oxygen atoms in total. The van der Waals surface area contributed by atoms with Crippen molar-refractivity contribution in [2.24, 2.45) is 28.6 Å². The maximum atomic E-state index is 14.2. The second-order valence-corrected chi connectivity index (χ2v) is 17.7. The minimum absolute atomic E-state index is 0.00317. The average Bonchev–Trinajstić information content (AvgIpc) is 3.58. The number of hydrogen-bond donors (Lipinski definition) is 0. The zero-order chi connectivity index (χ0) is 27.8. The van der Waals surface area contributed by atoms with E-state index < -0.39 is 36.0 Å². The normalized spacial score (nSPS) is 39.6. The maximum Gasteiger partial charge on any atom is 0.223 e. The molecule has 5 aliphatic rings. The Morgan fingerprint density at radius 2 is 1.82 bits per heavy atom. The minimum Gasteiger partial charge on any atom is -0.494 e. The van der Waals surface area contributed by atoms with Gasteiger partial charge in [-0.2, -0.15) is 0 Å². The highest BCUT2D eigenvalue weighted by Crippen LogP contribution is 2.75. The lowest BCUT2D eigenvalue weighted by Crippen LogP contribution is -2.63. The number of carbonyl (C=O) groups excluding carboxylic acids is 3. The Bertz CT molecular complexity index is 1290. The molecule has 2 fully saturated rings. The summed E-state index contributed by atoms with van der Waals surface area (Å²) in [5.41, 5.74) is -2.89. The van der Waals surface area contributed by atoms with E-state index >= 15 is 0 Å². The van der Waals surface area contributed by atoms with Crippen LogP contribution in [0.15, 0.2) is 48.2 Å². The second-order valence-electron chi connectivity index (χ2n) is 12.3. The van der Waals surface area contributed by atoms with E-state index in [1.165, 1.54) is 20.3 Å². The molecule has 0 aromatic heterocycles. The number of allylic oxidation sites excluding steroid dienone is 6. The summed E-state index contributed by atoms with van der Waals surface area (Å²) in [7, 11) is 4.66. The van der Waals surface area contributed by atoms with Gasteiger partial charge in [0.2, 0.25) is 17.3 Å². The SMILES string of the molecule is C=CC[C@@]1(C#C[C@@]23C(OC)=C(OC)C(=O)[C@H]4[C@H]5C=C[C@H]([C@@H]5[Si](C)(C)C)[C@]42CCN3C)C(=O)C=C(OC)C1=O. The molecule has 38 heavy (non-hydrogen) atoms. The third-order valence-electron chi connectivity index (χ3n) is 9.85. The number of ether oxygens (including phenoxy) is 3. The first-order valence-electron chi connectivity index (χ1n) is 13.2. The number of carbonyl (C=O) groups is 3. The Hall–Kier alpha value is -2.89. The van der Waals surface area contributed by atoms with Gasteiger partial charge in [0.25, 0.3) is 0 Å². The van der Waals surface area contributed by atoms with E-state index in [0.717, 1.165) is 6.42 Å². The summed E-state index contributed by atoms with van der Waals surface area (Å²) in [6, 6.07) is 0. The van der Waals surface area contributed by atoms with Crippen LogP contribution in [-0.4, -0.2) is 70.8 Å². The fraction of sp³-hybridized carbons (Fsp3) is 0.567. The number of likely N-dealkylation sites (tertiary alicyclic amines) is 1. The van der Waals surface area contributed by atoms with Gasteiger partial charge in [0.15, 0.2) is 28.3 Å². The van der Waals surface area contributed by atoms with Crippen LogP contribution in [0.3, 0.4) is 0 Å². The lowest BCUT2D eigenvalue weighted by atomic mass is 9.53. The predicted octanol–water partition coefficient (Wildman–Crippen LogP) is 3.52. The quantitative estimate of drug-likeness (QED) is 0.223. The Labute approximate surface area is 226 Å². The summed E-state index contributed by atoms with van der Waals surface area (Å²) < 4.78 is 17.0. The highest BCUT2D eigenvalue weighted by atomic mass is 28.3. The molecule has 0 unspecified atom stereocenters. The topological polar surface area (TPSA) is 82.1 Å². The van der Waals surface area contributed by atoms with E-state index in [9.17, 15) is 14.4 Å². The number of ketones is 3. The maximum absolute atomic E-state index is 14.2. The van der Waals surface area contributed by atoms with E-state index in [2.05, 4.69) is 55.1 Å². The van der Waals surface area contributed by atoms with Crippen molar-refractivity contribution in [1.82, 2.24) is 4.90 Å². The van der Waals surface area contributed by atoms with Gasteiger partial charge in [-0.1, -0.05) is 49.7 Å². The number of hydrogen-bond acceptors (Lipinski definition) is 7. The Morgan fingerprint density at radius 1 is 1.11 bits per heavy atom. The summed E-state index contributed by atoms with van der Waals surface area (Å²) >= 11 is 0. The van der Waals surface area contributed by atoms with E-state index in [1.54, 1.807) is 13.2 Å². The molecule has 2 bridgehead atoms. The van der Waals surface area contributed by atoms with Crippen LogP contribution in [0.4, 0.5) is 0 Å². The molecule has 1 heterocycles. The Balaban J connectivity index is 1.82. The Kier molecular flexibility index (Phi) is 6.01. The summed E-state index contributed by atoms with van der Waals surface area (Å²) in [6.45, 7) is 11.6. The van der Waals surface area contributed by atoms with Crippen molar-refractivity contribution >= 4 is 25.4 Å². The highest BCUT2D eigenvalue weighted by molar-refractivity contribution is 6.78. The van der Waals surface area contributed by atoms with Crippen LogP contribution in [0.25, 0.3) is 0 Å². The monoisotopic (exact) mass is 535 g/mol. The largest absolute Gasteiger partial charge is 0.494 e. The van der Waals surface area contributed by atoms with Crippen LogP contribution >= 0.6 is 0 Å². The van der Waals surface area contributed by atoms with Crippen LogP contribution in [0.1, 0.15) is 12.8 Å². The van der Waals surface area contributed by atoms with Crippen molar-refractivity contribution in [2.75, 3.05) is 34.9 Å². The van der Waals surface area contributed by atoms with Crippen LogP contribution < -0.4 is 0 Å². The standard InChI is InChI=1S/C30H37NO6Si/c1-9-12-28(21(32)17-20(35-3)26(28)34)13-14-30-27(37-5)24(36-4)23(33)22-18-10-11-19(25(18)38(6,7)8)29(22,30)15-16-31(30)2/h9-11,17-19,22,25H,1,12,15-16H2,2-8H3/t18-,19-,22-,25-,28-,29-,30-/m1/s1. The number of Topliss-reactive ketones (excluding diaryl/α,β-unsaturated/α-hetero) is 2. The third kappa shape index (κ3) is 2.92. The molecule has 1 saturated carbocycles. The van der Waals surface area contributed by atoms with Gasteiger partial charge in [0.05, 0.1) is 21.3 Å². The molecule has 0 aromatic rings. The van der Waals surface area contributed by atoms with E-state index in [4.69, 9.17) is 14.2 Å².